The lowest BCUT2D eigenvalue weighted by Gasteiger charge is -2.46. The van der Waals surface area contributed by atoms with E-state index in [1.807, 2.05) is 6.92 Å². The molecule has 192 valence electrons. The summed E-state index contributed by atoms with van der Waals surface area (Å²) in [6.45, 7) is 5.62. The summed E-state index contributed by atoms with van der Waals surface area (Å²) in [6, 6.07) is 0.650. The molecule has 0 aromatic heterocycles. The van der Waals surface area contributed by atoms with Gasteiger partial charge in [0.1, 0.15) is 6.04 Å². The Labute approximate surface area is 204 Å². The molecule has 4 rings (SSSR count). The highest BCUT2D eigenvalue weighted by Crippen LogP contribution is 2.51. The maximum Gasteiger partial charge on any atom is 0.432 e. The lowest BCUT2D eigenvalue weighted by molar-refractivity contribution is -0.158. The number of hydrazine groups is 1. The first kappa shape index (κ1) is 26.1. The summed E-state index contributed by atoms with van der Waals surface area (Å²) in [7, 11) is 4.16. The molecule has 2 bridgehead atoms. The second-order valence-electron chi connectivity index (χ2n) is 7.70. The number of Topliss-reactive ketones (excluding diaryl/α,β-unsaturated/α-hetero) is 1. The second kappa shape index (κ2) is 10.9. The van der Waals surface area contributed by atoms with E-state index in [1.165, 1.54) is 27.4 Å². The number of unbranched alkanes of at least 4 members (excludes halogenated alkanes) is 1. The zero-order valence-electron chi connectivity index (χ0n) is 20.9. The fourth-order valence-corrected chi connectivity index (χ4v) is 4.19. The Hall–Kier alpha value is -3.47. The number of fused-ring (bicyclic) bond motifs is 1. The molecule has 1 aromatic rings. The van der Waals surface area contributed by atoms with Crippen LogP contribution >= 0.6 is 0 Å². The van der Waals surface area contributed by atoms with Gasteiger partial charge in [-0.15, -0.1) is 0 Å². The summed E-state index contributed by atoms with van der Waals surface area (Å²) in [4.78, 5) is 40.6. The van der Waals surface area contributed by atoms with Crippen molar-refractivity contribution in [2.24, 2.45) is 0 Å². The van der Waals surface area contributed by atoms with E-state index in [-0.39, 0.29) is 30.3 Å². The van der Waals surface area contributed by atoms with Crippen molar-refractivity contribution in [1.82, 2.24) is 10.0 Å². The molecule has 0 fully saturated rings. The summed E-state index contributed by atoms with van der Waals surface area (Å²) in [5, 5.41) is 1.88. The average molecular weight is 493 g/mol. The van der Waals surface area contributed by atoms with Crippen LogP contribution in [0.2, 0.25) is 0 Å². The molecule has 11 nitrogen and oxygen atoms in total. The normalized spacial score (nSPS) is 20.3. The van der Waals surface area contributed by atoms with Gasteiger partial charge in [-0.1, -0.05) is 19.4 Å². The van der Waals surface area contributed by atoms with Crippen LogP contribution in [-0.4, -0.2) is 74.9 Å². The number of nitrogens with zero attached hydrogens (tertiary/aromatic N) is 2. The fourth-order valence-electron chi connectivity index (χ4n) is 4.19. The van der Waals surface area contributed by atoms with E-state index in [0.29, 0.717) is 17.9 Å². The predicted octanol–water partition coefficient (Wildman–Crippen LogP) is 3.86. The minimum Gasteiger partial charge on any atom is -0.493 e. The molecular weight excluding hydrogens is 460 g/mol. The van der Waals surface area contributed by atoms with E-state index in [4.69, 9.17) is 28.4 Å². The van der Waals surface area contributed by atoms with E-state index >= 15 is 0 Å². The number of hydrogen-bond acceptors (Lipinski definition) is 9. The molecule has 1 aliphatic carbocycles. The first-order chi connectivity index (χ1) is 16.9. The van der Waals surface area contributed by atoms with Gasteiger partial charge in [0.05, 0.1) is 39.6 Å². The molecule has 1 aromatic carbocycles. The zero-order valence-corrected chi connectivity index (χ0v) is 20.9. The van der Waals surface area contributed by atoms with Crippen LogP contribution in [-0.2, 0) is 14.2 Å². The monoisotopic (exact) mass is 492 g/mol. The molecule has 3 aliphatic rings. The zero-order chi connectivity index (χ0) is 25.8. The Morgan fingerprint density at radius 3 is 2.26 bits per heavy atom. The molecular formula is C24H32N2O9. The van der Waals surface area contributed by atoms with Crippen molar-refractivity contribution >= 4 is 18.0 Å². The van der Waals surface area contributed by atoms with E-state index in [2.05, 4.69) is 0 Å². The van der Waals surface area contributed by atoms with Crippen molar-refractivity contribution in [3.63, 3.8) is 0 Å². The van der Waals surface area contributed by atoms with Gasteiger partial charge in [0.15, 0.2) is 11.5 Å². The average Bonchev–Trinajstić information content (AvgIpc) is 3.03. The highest BCUT2D eigenvalue weighted by Gasteiger charge is 2.59. The van der Waals surface area contributed by atoms with E-state index < -0.39 is 29.7 Å². The van der Waals surface area contributed by atoms with Crippen LogP contribution in [0.15, 0.2) is 18.2 Å². The molecule has 0 N–H and O–H groups in total. The number of carbonyl (C=O) groups excluding carboxylic acids is 3. The Bertz CT molecular complexity index is 1010. The van der Waals surface area contributed by atoms with Gasteiger partial charge in [-0.05, 0) is 38.0 Å². The third kappa shape index (κ3) is 4.24. The van der Waals surface area contributed by atoms with Crippen LogP contribution in [0.25, 0.3) is 0 Å². The van der Waals surface area contributed by atoms with Gasteiger partial charge in [-0.25, -0.2) is 9.59 Å². The minimum atomic E-state index is -2.04. The van der Waals surface area contributed by atoms with Gasteiger partial charge in [-0.2, -0.15) is 10.0 Å². The number of amides is 2. The molecule has 11 heteroatoms. The van der Waals surface area contributed by atoms with Crippen LogP contribution in [0.1, 0.15) is 55.6 Å². The summed E-state index contributed by atoms with van der Waals surface area (Å²) in [6.07, 6.45) is 2.81. The van der Waals surface area contributed by atoms with Crippen molar-refractivity contribution in [3.8, 4) is 17.2 Å². The van der Waals surface area contributed by atoms with Crippen LogP contribution in [0, 0.1) is 0 Å². The number of methoxy groups -OCH3 is 3. The Morgan fingerprint density at radius 2 is 1.69 bits per heavy atom. The number of carbonyl (C=O) groups is 3. The lowest BCUT2D eigenvalue weighted by atomic mass is 9.95. The van der Waals surface area contributed by atoms with Gasteiger partial charge < -0.3 is 28.4 Å². The molecule has 0 unspecified atom stereocenters. The van der Waals surface area contributed by atoms with Crippen LogP contribution in [0.4, 0.5) is 9.59 Å². The molecule has 2 aliphatic heterocycles. The van der Waals surface area contributed by atoms with Crippen molar-refractivity contribution in [2.75, 3.05) is 41.2 Å². The van der Waals surface area contributed by atoms with Crippen LogP contribution in [0.3, 0.4) is 0 Å². The van der Waals surface area contributed by atoms with Crippen molar-refractivity contribution in [1.29, 1.82) is 0 Å². The van der Waals surface area contributed by atoms with Gasteiger partial charge in [0, 0.05) is 7.11 Å². The van der Waals surface area contributed by atoms with Crippen molar-refractivity contribution in [3.05, 3.63) is 29.3 Å². The quantitative estimate of drug-likeness (QED) is 0.374. The Kier molecular flexibility index (Phi) is 8.11. The van der Waals surface area contributed by atoms with Crippen molar-refractivity contribution < 1.29 is 42.8 Å². The van der Waals surface area contributed by atoms with E-state index in [1.54, 1.807) is 26.0 Å². The third-order valence-electron chi connectivity index (χ3n) is 5.78. The smallest absolute Gasteiger partial charge is 0.432 e. The summed E-state index contributed by atoms with van der Waals surface area (Å²) in [5.74, 6) is 0.0156. The molecule has 35 heavy (non-hydrogen) atoms. The summed E-state index contributed by atoms with van der Waals surface area (Å²) >= 11 is 0. The molecule has 2 amide bonds. The molecule has 0 saturated heterocycles. The highest BCUT2D eigenvalue weighted by molar-refractivity contribution is 6.10. The predicted molar refractivity (Wildman–Crippen MR) is 124 cm³/mol. The molecule has 2 heterocycles. The second-order valence-corrected chi connectivity index (χ2v) is 7.70. The highest BCUT2D eigenvalue weighted by atomic mass is 16.6. The summed E-state index contributed by atoms with van der Waals surface area (Å²) < 4.78 is 33.3. The maximum atomic E-state index is 14.2. The lowest BCUT2D eigenvalue weighted by Crippen LogP contribution is -2.66. The standard InChI is InChI=1S/C24H32N2O9/c1-7-10-13-35-20-18-15(14-17(30-4)19(20)31-5)16-11-12-24(32-6,21(18)27)26(23(29)34-9-3)25(16)22(28)33-8-2/h11-12,14,16H,7-10,13H2,1-6H3/t16-,24-/m1/s1. The first-order valence-electron chi connectivity index (χ1n) is 11.5. The number of ketones is 1. The Morgan fingerprint density at radius 1 is 1.00 bits per heavy atom. The first-order valence-corrected chi connectivity index (χ1v) is 11.5. The fraction of sp³-hybridized carbons (Fsp3) is 0.542. The largest absolute Gasteiger partial charge is 0.493 e. The number of benzene rings is 1. The molecule has 2 atom stereocenters. The third-order valence-corrected chi connectivity index (χ3v) is 5.78. The van der Waals surface area contributed by atoms with Crippen LogP contribution in [0.5, 0.6) is 17.2 Å². The summed E-state index contributed by atoms with van der Waals surface area (Å²) in [5.41, 5.74) is -1.57. The van der Waals surface area contributed by atoms with Gasteiger partial charge in [0.2, 0.25) is 17.3 Å². The topological polar surface area (TPSA) is 113 Å². The Balaban J connectivity index is 2.37. The number of ether oxygens (including phenoxy) is 6. The minimum absolute atomic E-state index is 0.00827. The maximum absolute atomic E-state index is 14.2. The van der Waals surface area contributed by atoms with Crippen molar-refractivity contribution in [2.45, 2.75) is 45.4 Å². The molecule has 0 spiro atoms. The molecule has 0 saturated carbocycles. The van der Waals surface area contributed by atoms with Gasteiger partial charge >= 0.3 is 12.2 Å². The number of hydrogen-bond donors (Lipinski definition) is 0. The van der Waals surface area contributed by atoms with Gasteiger partial charge in [-0.3, -0.25) is 4.79 Å². The van der Waals surface area contributed by atoms with Crippen LogP contribution < -0.4 is 14.2 Å². The number of rotatable bonds is 9. The van der Waals surface area contributed by atoms with Gasteiger partial charge in [0.25, 0.3) is 0 Å². The SMILES string of the molecule is CCCCOc1c(OC)c(OC)cc2c1C(=O)[C@]1(OC)C=C[C@H]2N(C(=O)OCC)N1C(=O)OCC. The molecule has 0 radical (unpaired) electrons. The van der Waals surface area contributed by atoms with E-state index in [9.17, 15) is 14.4 Å². The van der Waals surface area contributed by atoms with E-state index in [0.717, 1.165) is 22.9 Å².